The molecule has 0 spiro atoms. The van der Waals surface area contributed by atoms with Crippen molar-refractivity contribution in [1.29, 1.82) is 0 Å². The molecule has 0 atom stereocenters. The van der Waals surface area contributed by atoms with Gasteiger partial charge in [-0.15, -0.1) is 0 Å². The molecule has 2 aromatic carbocycles. The summed E-state index contributed by atoms with van der Waals surface area (Å²) in [6, 6.07) is 9.91. The van der Waals surface area contributed by atoms with Gasteiger partial charge in [0.05, 0.1) is 10.6 Å². The van der Waals surface area contributed by atoms with Crippen LogP contribution in [0.25, 0.3) is 0 Å². The van der Waals surface area contributed by atoms with E-state index < -0.39 is 10.0 Å². The maximum atomic E-state index is 12.5. The first-order valence-electron chi connectivity index (χ1n) is 6.41. The molecule has 0 aliphatic carbocycles. The van der Waals surface area contributed by atoms with E-state index >= 15 is 0 Å². The third kappa shape index (κ3) is 3.70. The molecule has 0 fully saturated rings. The largest absolute Gasteiger partial charge is 0.279 e. The standard InChI is InChI=1S/C15H15Cl2NO2S/c1-3-11-6-4-5-10(2)15(11)18-21(19,20)14-8-12(16)7-13(17)9-14/h4-9,18H,3H2,1-2H3. The quantitative estimate of drug-likeness (QED) is 0.876. The molecule has 1 N–H and O–H groups in total. The zero-order chi connectivity index (χ0) is 15.6. The molecule has 0 radical (unpaired) electrons. The van der Waals surface area contributed by atoms with Crippen molar-refractivity contribution >= 4 is 38.9 Å². The molecule has 2 rings (SSSR count). The van der Waals surface area contributed by atoms with Gasteiger partial charge in [0.1, 0.15) is 0 Å². The summed E-state index contributed by atoms with van der Waals surface area (Å²) in [5, 5.41) is 0.562. The van der Waals surface area contributed by atoms with E-state index in [0.29, 0.717) is 5.69 Å². The van der Waals surface area contributed by atoms with Gasteiger partial charge >= 0.3 is 0 Å². The monoisotopic (exact) mass is 343 g/mol. The maximum absolute atomic E-state index is 12.5. The fraction of sp³-hybridized carbons (Fsp3) is 0.200. The summed E-state index contributed by atoms with van der Waals surface area (Å²) in [5.41, 5.74) is 2.41. The average Bonchev–Trinajstić information content (AvgIpc) is 2.40. The van der Waals surface area contributed by atoms with Crippen LogP contribution < -0.4 is 4.72 Å². The number of hydrogen-bond acceptors (Lipinski definition) is 2. The first-order valence-corrected chi connectivity index (χ1v) is 8.65. The Morgan fingerprint density at radius 3 is 2.29 bits per heavy atom. The first-order chi connectivity index (χ1) is 9.83. The van der Waals surface area contributed by atoms with Gasteiger partial charge in [0.2, 0.25) is 0 Å². The molecule has 112 valence electrons. The van der Waals surface area contributed by atoms with Gasteiger partial charge in [0, 0.05) is 10.0 Å². The fourth-order valence-electron chi connectivity index (χ4n) is 2.05. The van der Waals surface area contributed by atoms with Crippen molar-refractivity contribution in [1.82, 2.24) is 0 Å². The van der Waals surface area contributed by atoms with Crippen LogP contribution in [-0.4, -0.2) is 8.42 Å². The lowest BCUT2D eigenvalue weighted by molar-refractivity contribution is 0.601. The molecule has 21 heavy (non-hydrogen) atoms. The number of halogens is 2. The maximum Gasteiger partial charge on any atom is 0.262 e. The van der Waals surface area contributed by atoms with E-state index in [1.807, 2.05) is 32.0 Å². The zero-order valence-electron chi connectivity index (χ0n) is 11.7. The number of aryl methyl sites for hydroxylation is 2. The van der Waals surface area contributed by atoms with E-state index in [-0.39, 0.29) is 14.9 Å². The Morgan fingerprint density at radius 1 is 1.10 bits per heavy atom. The van der Waals surface area contributed by atoms with Gasteiger partial charge in [-0.25, -0.2) is 8.42 Å². The number of benzene rings is 2. The van der Waals surface area contributed by atoms with Crippen LogP contribution in [0.4, 0.5) is 5.69 Å². The highest BCUT2D eigenvalue weighted by atomic mass is 35.5. The fourth-order valence-corrected chi connectivity index (χ4v) is 3.94. The van der Waals surface area contributed by atoms with Gasteiger partial charge in [-0.2, -0.15) is 0 Å². The van der Waals surface area contributed by atoms with Crippen LogP contribution >= 0.6 is 23.2 Å². The summed E-state index contributed by atoms with van der Waals surface area (Å²) in [7, 11) is -3.73. The predicted octanol–water partition coefficient (Wildman–Crippen LogP) is 4.67. The van der Waals surface area contributed by atoms with Crippen LogP contribution in [0.15, 0.2) is 41.3 Å². The topological polar surface area (TPSA) is 46.2 Å². The van der Waals surface area contributed by atoms with Gasteiger partial charge in [-0.3, -0.25) is 4.72 Å². The lowest BCUT2D eigenvalue weighted by Gasteiger charge is -2.14. The number of sulfonamides is 1. The SMILES string of the molecule is CCc1cccc(C)c1NS(=O)(=O)c1cc(Cl)cc(Cl)c1. The highest BCUT2D eigenvalue weighted by molar-refractivity contribution is 7.92. The van der Waals surface area contributed by atoms with E-state index in [9.17, 15) is 8.42 Å². The number of para-hydroxylation sites is 1. The van der Waals surface area contributed by atoms with Crippen LogP contribution in [0.2, 0.25) is 10.0 Å². The predicted molar refractivity (Wildman–Crippen MR) is 87.8 cm³/mol. The Bertz CT molecular complexity index is 753. The molecular weight excluding hydrogens is 329 g/mol. The smallest absolute Gasteiger partial charge is 0.262 e. The van der Waals surface area contributed by atoms with Crippen LogP contribution in [0.5, 0.6) is 0 Å². The minimum absolute atomic E-state index is 0.0466. The number of rotatable bonds is 4. The van der Waals surface area contributed by atoms with Gasteiger partial charge < -0.3 is 0 Å². The van der Waals surface area contributed by atoms with Crippen molar-refractivity contribution in [2.24, 2.45) is 0 Å². The zero-order valence-corrected chi connectivity index (χ0v) is 14.0. The minimum atomic E-state index is -3.73. The summed E-state index contributed by atoms with van der Waals surface area (Å²) in [5.74, 6) is 0. The molecule has 6 heteroatoms. The van der Waals surface area contributed by atoms with E-state index in [1.165, 1.54) is 18.2 Å². The molecule has 0 saturated carbocycles. The van der Waals surface area contributed by atoms with Crippen molar-refractivity contribution in [3.8, 4) is 0 Å². The highest BCUT2D eigenvalue weighted by Crippen LogP contribution is 2.27. The van der Waals surface area contributed by atoms with Crippen LogP contribution in [0.3, 0.4) is 0 Å². The molecule has 0 aliphatic rings. The highest BCUT2D eigenvalue weighted by Gasteiger charge is 2.18. The molecule has 2 aromatic rings. The van der Waals surface area contributed by atoms with Gasteiger partial charge in [0.15, 0.2) is 0 Å². The second-order valence-electron chi connectivity index (χ2n) is 4.67. The number of hydrogen-bond donors (Lipinski definition) is 1. The number of anilines is 1. The third-order valence-electron chi connectivity index (χ3n) is 3.12. The Hall–Kier alpha value is -1.23. The van der Waals surface area contributed by atoms with E-state index in [0.717, 1.165) is 17.5 Å². The summed E-state index contributed by atoms with van der Waals surface area (Å²) in [6.07, 6.45) is 0.732. The van der Waals surface area contributed by atoms with Crippen molar-refractivity contribution in [3.05, 3.63) is 57.6 Å². The lowest BCUT2D eigenvalue weighted by Crippen LogP contribution is -2.15. The number of nitrogens with one attached hydrogen (secondary N) is 1. The molecular formula is C15H15Cl2NO2S. The van der Waals surface area contributed by atoms with Crippen LogP contribution in [0, 0.1) is 6.92 Å². The van der Waals surface area contributed by atoms with Crippen molar-refractivity contribution in [3.63, 3.8) is 0 Å². The summed E-state index contributed by atoms with van der Waals surface area (Å²) >= 11 is 11.7. The molecule has 0 aliphatic heterocycles. The Morgan fingerprint density at radius 2 is 1.71 bits per heavy atom. The van der Waals surface area contributed by atoms with Crippen molar-refractivity contribution in [2.45, 2.75) is 25.2 Å². The normalized spacial score (nSPS) is 11.4. The van der Waals surface area contributed by atoms with E-state index in [4.69, 9.17) is 23.2 Å². The van der Waals surface area contributed by atoms with Crippen molar-refractivity contribution < 1.29 is 8.42 Å². The molecule has 3 nitrogen and oxygen atoms in total. The summed E-state index contributed by atoms with van der Waals surface area (Å²) < 4.78 is 27.6. The lowest BCUT2D eigenvalue weighted by atomic mass is 10.1. The molecule has 0 bridgehead atoms. The Kier molecular flexibility index (Phi) is 4.81. The van der Waals surface area contributed by atoms with E-state index in [1.54, 1.807) is 0 Å². The third-order valence-corrected chi connectivity index (χ3v) is 4.89. The van der Waals surface area contributed by atoms with Crippen molar-refractivity contribution in [2.75, 3.05) is 4.72 Å². The summed E-state index contributed by atoms with van der Waals surface area (Å²) in [4.78, 5) is 0.0466. The molecule has 0 aromatic heterocycles. The van der Waals surface area contributed by atoms with Crippen LogP contribution in [-0.2, 0) is 16.4 Å². The van der Waals surface area contributed by atoms with Gasteiger partial charge in [-0.1, -0.05) is 48.3 Å². The summed E-state index contributed by atoms with van der Waals surface area (Å²) in [6.45, 7) is 3.84. The average molecular weight is 344 g/mol. The Labute approximate surface area is 135 Å². The molecule has 0 heterocycles. The first kappa shape index (κ1) is 16.1. The van der Waals surface area contributed by atoms with Gasteiger partial charge in [-0.05, 0) is 42.7 Å². The molecule has 0 saturated heterocycles. The van der Waals surface area contributed by atoms with E-state index in [2.05, 4.69) is 4.72 Å². The second-order valence-corrected chi connectivity index (χ2v) is 7.23. The Balaban J connectivity index is 2.47. The second kappa shape index (κ2) is 6.26. The van der Waals surface area contributed by atoms with Gasteiger partial charge in [0.25, 0.3) is 10.0 Å². The minimum Gasteiger partial charge on any atom is -0.279 e. The molecule has 0 unspecified atom stereocenters. The van der Waals surface area contributed by atoms with Crippen LogP contribution in [0.1, 0.15) is 18.1 Å². The molecule has 0 amide bonds.